The Balaban J connectivity index is 2.03. The Labute approximate surface area is 149 Å². The average molecular weight is 362 g/mol. The van der Waals surface area contributed by atoms with Crippen molar-refractivity contribution in [3.63, 3.8) is 0 Å². The lowest BCUT2D eigenvalue weighted by Gasteiger charge is -2.12. The van der Waals surface area contributed by atoms with Gasteiger partial charge in [-0.1, -0.05) is 6.07 Å². The van der Waals surface area contributed by atoms with Gasteiger partial charge in [0.25, 0.3) is 0 Å². The number of rotatable bonds is 8. The van der Waals surface area contributed by atoms with Gasteiger partial charge in [0, 0.05) is 6.08 Å². The number of thiophene rings is 1. The second kappa shape index (κ2) is 8.89. The van der Waals surface area contributed by atoms with Crippen molar-refractivity contribution in [1.82, 2.24) is 0 Å². The molecule has 0 N–H and O–H groups in total. The predicted octanol–water partition coefficient (Wildman–Crippen LogP) is 3.21. The van der Waals surface area contributed by atoms with E-state index in [1.165, 1.54) is 38.7 Å². The van der Waals surface area contributed by atoms with E-state index in [4.69, 9.17) is 18.9 Å². The molecule has 1 aromatic carbocycles. The molecular weight excluding hydrogens is 344 g/mol. The van der Waals surface area contributed by atoms with Crippen LogP contribution < -0.4 is 14.2 Å². The van der Waals surface area contributed by atoms with E-state index in [0.717, 1.165) is 0 Å². The fraction of sp³-hybridized carbons (Fsp3) is 0.222. The van der Waals surface area contributed by atoms with Gasteiger partial charge in [-0.15, -0.1) is 11.3 Å². The van der Waals surface area contributed by atoms with E-state index >= 15 is 0 Å². The Bertz CT molecular complexity index is 739. The van der Waals surface area contributed by atoms with Gasteiger partial charge in [-0.2, -0.15) is 0 Å². The van der Waals surface area contributed by atoms with E-state index in [1.54, 1.807) is 35.7 Å². The van der Waals surface area contributed by atoms with Gasteiger partial charge in [0.2, 0.25) is 11.5 Å². The third-order valence-corrected chi connectivity index (χ3v) is 4.15. The van der Waals surface area contributed by atoms with E-state index in [1.807, 2.05) is 0 Å². The van der Waals surface area contributed by atoms with Gasteiger partial charge in [0.1, 0.15) is 0 Å². The van der Waals surface area contributed by atoms with Crippen LogP contribution in [0.4, 0.5) is 0 Å². The van der Waals surface area contributed by atoms with Crippen LogP contribution in [-0.2, 0) is 9.53 Å². The van der Waals surface area contributed by atoms with E-state index in [2.05, 4.69) is 0 Å². The van der Waals surface area contributed by atoms with E-state index in [-0.39, 0.29) is 12.4 Å². The zero-order chi connectivity index (χ0) is 18.2. The number of carbonyl (C=O) groups excluding carboxylic acids is 2. The highest BCUT2D eigenvalue weighted by Gasteiger charge is 2.13. The molecule has 1 heterocycles. The fourth-order valence-corrected chi connectivity index (χ4v) is 2.71. The molecule has 0 radical (unpaired) electrons. The van der Waals surface area contributed by atoms with E-state index in [0.29, 0.717) is 27.7 Å². The van der Waals surface area contributed by atoms with Crippen LogP contribution in [0.1, 0.15) is 15.2 Å². The fourth-order valence-electron chi connectivity index (χ4n) is 2.05. The highest BCUT2D eigenvalue weighted by Crippen LogP contribution is 2.38. The van der Waals surface area contributed by atoms with Crippen molar-refractivity contribution < 1.29 is 28.5 Å². The zero-order valence-electron chi connectivity index (χ0n) is 14.1. The summed E-state index contributed by atoms with van der Waals surface area (Å²) in [5, 5.41) is 1.79. The average Bonchev–Trinajstić information content (AvgIpc) is 3.18. The van der Waals surface area contributed by atoms with Crippen LogP contribution in [0.25, 0.3) is 6.08 Å². The molecule has 0 spiro atoms. The monoisotopic (exact) mass is 362 g/mol. The van der Waals surface area contributed by atoms with Crippen LogP contribution in [0.5, 0.6) is 17.2 Å². The van der Waals surface area contributed by atoms with Gasteiger partial charge in [0.15, 0.2) is 18.1 Å². The molecule has 0 aliphatic carbocycles. The van der Waals surface area contributed by atoms with Crippen molar-refractivity contribution in [2.45, 2.75) is 0 Å². The maximum Gasteiger partial charge on any atom is 0.331 e. The van der Waals surface area contributed by atoms with Crippen molar-refractivity contribution in [2.75, 3.05) is 27.9 Å². The van der Waals surface area contributed by atoms with Gasteiger partial charge in [-0.05, 0) is 35.2 Å². The van der Waals surface area contributed by atoms with Gasteiger partial charge >= 0.3 is 5.97 Å². The molecule has 2 rings (SSSR count). The minimum atomic E-state index is -0.612. The number of ether oxygens (including phenoxy) is 4. The normalized spacial score (nSPS) is 10.5. The summed E-state index contributed by atoms with van der Waals surface area (Å²) in [6.07, 6.45) is 2.78. The van der Waals surface area contributed by atoms with Crippen LogP contribution in [0.3, 0.4) is 0 Å². The third kappa shape index (κ3) is 4.84. The first-order valence-corrected chi connectivity index (χ1v) is 8.18. The summed E-state index contributed by atoms with van der Waals surface area (Å²) in [5.74, 6) is 0.569. The topological polar surface area (TPSA) is 71.1 Å². The Morgan fingerprint density at radius 2 is 1.76 bits per heavy atom. The van der Waals surface area contributed by atoms with Crippen molar-refractivity contribution >= 4 is 29.2 Å². The maximum absolute atomic E-state index is 11.8. The van der Waals surface area contributed by atoms with Crippen molar-refractivity contribution in [1.29, 1.82) is 0 Å². The number of Topliss-reactive ketones (excluding diaryl/α,β-unsaturated/α-hetero) is 1. The first kappa shape index (κ1) is 18.5. The Kier molecular flexibility index (Phi) is 6.59. The number of ketones is 1. The molecule has 0 amide bonds. The lowest BCUT2D eigenvalue weighted by Crippen LogP contribution is -2.11. The second-order valence-corrected chi connectivity index (χ2v) is 5.75. The van der Waals surface area contributed by atoms with Crippen LogP contribution in [0, 0.1) is 0 Å². The SMILES string of the molecule is COc1cc(/C=C/C(=O)OCC(=O)c2cccs2)cc(OC)c1OC. The number of benzene rings is 1. The molecule has 0 aliphatic heterocycles. The Morgan fingerprint density at radius 1 is 1.08 bits per heavy atom. The maximum atomic E-state index is 11.8. The summed E-state index contributed by atoms with van der Waals surface area (Å²) in [6, 6.07) is 6.85. The first-order chi connectivity index (χ1) is 12.1. The van der Waals surface area contributed by atoms with Gasteiger partial charge in [-0.25, -0.2) is 4.79 Å². The summed E-state index contributed by atoms with van der Waals surface area (Å²) in [4.78, 5) is 24.1. The molecule has 0 aliphatic rings. The zero-order valence-corrected chi connectivity index (χ0v) is 14.9. The summed E-state index contributed by atoms with van der Waals surface area (Å²) in [7, 11) is 4.53. The first-order valence-electron chi connectivity index (χ1n) is 7.30. The molecular formula is C18H18O6S. The van der Waals surface area contributed by atoms with E-state index in [9.17, 15) is 9.59 Å². The molecule has 0 unspecified atom stereocenters. The van der Waals surface area contributed by atoms with Gasteiger partial charge in [-0.3, -0.25) is 4.79 Å². The Hall–Kier alpha value is -2.80. The third-order valence-electron chi connectivity index (χ3n) is 3.24. The van der Waals surface area contributed by atoms with Gasteiger partial charge in [0.05, 0.1) is 26.2 Å². The van der Waals surface area contributed by atoms with Crippen molar-refractivity contribution in [3.8, 4) is 17.2 Å². The molecule has 2 aromatic rings. The highest BCUT2D eigenvalue weighted by molar-refractivity contribution is 7.12. The van der Waals surface area contributed by atoms with Crippen molar-refractivity contribution in [3.05, 3.63) is 46.2 Å². The molecule has 6 nitrogen and oxygen atoms in total. The highest BCUT2D eigenvalue weighted by atomic mass is 32.1. The molecule has 0 bridgehead atoms. The lowest BCUT2D eigenvalue weighted by molar-refractivity contribution is -0.136. The molecule has 132 valence electrons. The minimum Gasteiger partial charge on any atom is -0.493 e. The number of esters is 1. The van der Waals surface area contributed by atoms with Crippen LogP contribution >= 0.6 is 11.3 Å². The van der Waals surface area contributed by atoms with Crippen LogP contribution in [-0.4, -0.2) is 39.7 Å². The quantitative estimate of drug-likeness (QED) is 0.408. The number of hydrogen-bond acceptors (Lipinski definition) is 7. The Morgan fingerprint density at radius 3 is 2.28 bits per heavy atom. The number of carbonyl (C=O) groups is 2. The smallest absolute Gasteiger partial charge is 0.331 e. The summed E-state index contributed by atoms with van der Waals surface area (Å²) in [6.45, 7) is -0.293. The minimum absolute atomic E-state index is 0.232. The largest absolute Gasteiger partial charge is 0.493 e. The number of hydrogen-bond donors (Lipinski definition) is 0. The van der Waals surface area contributed by atoms with Crippen molar-refractivity contribution in [2.24, 2.45) is 0 Å². The predicted molar refractivity (Wildman–Crippen MR) is 94.7 cm³/mol. The summed E-state index contributed by atoms with van der Waals surface area (Å²) in [5.41, 5.74) is 0.663. The van der Waals surface area contributed by atoms with E-state index < -0.39 is 5.97 Å². The van der Waals surface area contributed by atoms with Crippen LogP contribution in [0.2, 0.25) is 0 Å². The molecule has 0 saturated carbocycles. The molecule has 0 fully saturated rings. The van der Waals surface area contributed by atoms with Gasteiger partial charge < -0.3 is 18.9 Å². The number of methoxy groups -OCH3 is 3. The molecule has 1 aromatic heterocycles. The molecule has 0 saturated heterocycles. The molecule has 25 heavy (non-hydrogen) atoms. The second-order valence-electron chi connectivity index (χ2n) is 4.80. The summed E-state index contributed by atoms with van der Waals surface area (Å²) >= 11 is 1.31. The lowest BCUT2D eigenvalue weighted by atomic mass is 10.1. The summed E-state index contributed by atoms with van der Waals surface area (Å²) < 4.78 is 20.7. The molecule has 7 heteroatoms. The molecule has 0 atom stereocenters. The standard InChI is InChI=1S/C18H18O6S/c1-21-14-9-12(10-15(22-2)18(14)23-3)6-7-17(20)24-11-13(19)16-5-4-8-25-16/h4-10H,11H2,1-3H3/b7-6+. The van der Waals surface area contributed by atoms with Crippen LogP contribution in [0.15, 0.2) is 35.7 Å².